The van der Waals surface area contributed by atoms with Crippen molar-refractivity contribution in [2.45, 2.75) is 19.0 Å². The van der Waals surface area contributed by atoms with E-state index in [0.29, 0.717) is 17.5 Å². The molecule has 128 valence electrons. The van der Waals surface area contributed by atoms with Gasteiger partial charge in [0, 0.05) is 23.6 Å². The monoisotopic (exact) mass is 353 g/mol. The van der Waals surface area contributed by atoms with Crippen LogP contribution in [0.4, 0.5) is 5.69 Å². The highest BCUT2D eigenvalue weighted by molar-refractivity contribution is 7.99. The van der Waals surface area contributed by atoms with Crippen LogP contribution in [0.1, 0.15) is 11.4 Å². The number of carbonyl (C=O) groups excluding carboxylic acids is 1. The maximum atomic E-state index is 12.6. The molecule has 0 aliphatic heterocycles. The van der Waals surface area contributed by atoms with Crippen molar-refractivity contribution in [3.8, 4) is 0 Å². The van der Waals surface area contributed by atoms with E-state index >= 15 is 0 Å². The van der Waals surface area contributed by atoms with Crippen LogP contribution in [0.5, 0.6) is 0 Å². The summed E-state index contributed by atoms with van der Waals surface area (Å²) in [6.07, 6.45) is 1.72. The number of thioether (sulfide) groups is 1. The van der Waals surface area contributed by atoms with E-state index in [-0.39, 0.29) is 11.7 Å². The van der Waals surface area contributed by atoms with E-state index in [0.717, 1.165) is 17.1 Å². The van der Waals surface area contributed by atoms with Gasteiger partial charge in [-0.2, -0.15) is 4.98 Å². The van der Waals surface area contributed by atoms with Crippen LogP contribution in [0.15, 0.2) is 54.2 Å². The van der Waals surface area contributed by atoms with Crippen LogP contribution < -0.4 is 4.90 Å². The van der Waals surface area contributed by atoms with Gasteiger partial charge in [-0.3, -0.25) is 4.79 Å². The number of rotatable bonds is 6. The van der Waals surface area contributed by atoms with Crippen LogP contribution in [0.2, 0.25) is 0 Å². The first-order valence-electron chi connectivity index (χ1n) is 7.88. The first-order chi connectivity index (χ1) is 12.1. The Kier molecular flexibility index (Phi) is 5.14. The molecular formula is C18H19N5OS. The predicted octanol–water partition coefficient (Wildman–Crippen LogP) is 3.05. The molecule has 0 saturated carbocycles. The van der Waals surface area contributed by atoms with Crippen molar-refractivity contribution < 1.29 is 4.79 Å². The Bertz CT molecular complexity index is 906. The highest BCUT2D eigenvalue weighted by atomic mass is 32.2. The molecule has 7 heteroatoms. The number of hydrogen-bond acceptors (Lipinski definition) is 5. The van der Waals surface area contributed by atoms with Crippen molar-refractivity contribution in [1.82, 2.24) is 19.6 Å². The van der Waals surface area contributed by atoms with Crippen molar-refractivity contribution >= 4 is 29.1 Å². The lowest BCUT2D eigenvalue weighted by Crippen LogP contribution is -2.32. The number of amides is 1. The first-order valence-corrected chi connectivity index (χ1v) is 8.87. The minimum atomic E-state index is -0.0178. The van der Waals surface area contributed by atoms with E-state index in [4.69, 9.17) is 0 Å². The second-order valence-corrected chi connectivity index (χ2v) is 6.50. The summed E-state index contributed by atoms with van der Waals surface area (Å²) in [5, 5.41) is 4.96. The number of benzene rings is 1. The number of fused-ring (bicyclic) bond motifs is 1. The quantitative estimate of drug-likeness (QED) is 0.503. The standard InChI is InChI=1S/C18H19N5OS/c1-4-10-22(15-8-6-5-7-9-15)16(24)12-25-18-20-17-19-13(2)11-14(3)23(17)21-18/h4-9,11H,1,10,12H2,2-3H3. The lowest BCUT2D eigenvalue weighted by Gasteiger charge is -2.20. The van der Waals surface area contributed by atoms with Crippen LogP contribution in [0, 0.1) is 13.8 Å². The largest absolute Gasteiger partial charge is 0.308 e. The predicted molar refractivity (Wildman–Crippen MR) is 100.0 cm³/mol. The molecule has 2 aromatic heterocycles. The highest BCUT2D eigenvalue weighted by Crippen LogP contribution is 2.19. The maximum Gasteiger partial charge on any atom is 0.253 e. The van der Waals surface area contributed by atoms with Crippen molar-refractivity contribution in [2.24, 2.45) is 0 Å². The van der Waals surface area contributed by atoms with Crippen LogP contribution in [0.25, 0.3) is 5.78 Å². The Labute approximate surface area is 150 Å². The molecule has 0 N–H and O–H groups in total. The van der Waals surface area contributed by atoms with Crippen molar-refractivity contribution in [2.75, 3.05) is 17.2 Å². The summed E-state index contributed by atoms with van der Waals surface area (Å²) in [5.41, 5.74) is 2.71. The van der Waals surface area contributed by atoms with Crippen molar-refractivity contribution in [3.63, 3.8) is 0 Å². The van der Waals surface area contributed by atoms with Crippen LogP contribution >= 0.6 is 11.8 Å². The number of nitrogens with zero attached hydrogens (tertiary/aromatic N) is 5. The van der Waals surface area contributed by atoms with E-state index in [1.807, 2.05) is 50.2 Å². The van der Waals surface area contributed by atoms with Gasteiger partial charge in [0.2, 0.25) is 11.1 Å². The molecule has 1 amide bonds. The third kappa shape index (κ3) is 3.88. The smallest absolute Gasteiger partial charge is 0.253 e. The lowest BCUT2D eigenvalue weighted by molar-refractivity contribution is -0.116. The molecule has 0 unspecified atom stereocenters. The number of anilines is 1. The first kappa shape index (κ1) is 17.2. The minimum absolute atomic E-state index is 0.0178. The lowest BCUT2D eigenvalue weighted by atomic mass is 10.3. The average molecular weight is 353 g/mol. The van der Waals surface area contributed by atoms with Crippen molar-refractivity contribution in [1.29, 1.82) is 0 Å². The molecule has 0 radical (unpaired) electrons. The van der Waals surface area contributed by atoms with E-state index in [1.165, 1.54) is 11.8 Å². The topological polar surface area (TPSA) is 63.4 Å². The Balaban J connectivity index is 1.74. The normalized spacial score (nSPS) is 10.8. The van der Waals surface area contributed by atoms with Gasteiger partial charge in [-0.1, -0.05) is 36.0 Å². The number of hydrogen-bond donors (Lipinski definition) is 0. The maximum absolute atomic E-state index is 12.6. The zero-order chi connectivity index (χ0) is 17.8. The fourth-order valence-corrected chi connectivity index (χ4v) is 3.20. The van der Waals surface area contributed by atoms with E-state index < -0.39 is 0 Å². The molecule has 0 spiro atoms. The molecule has 3 aromatic rings. The van der Waals surface area contributed by atoms with Gasteiger partial charge in [0.15, 0.2) is 0 Å². The third-order valence-electron chi connectivity index (χ3n) is 3.60. The van der Waals surface area contributed by atoms with Gasteiger partial charge in [0.1, 0.15) is 0 Å². The van der Waals surface area contributed by atoms with Gasteiger partial charge in [-0.25, -0.2) is 9.50 Å². The number of para-hydroxylation sites is 1. The molecule has 25 heavy (non-hydrogen) atoms. The molecule has 0 fully saturated rings. The number of aryl methyl sites for hydroxylation is 2. The van der Waals surface area contributed by atoms with Gasteiger partial charge in [0.05, 0.1) is 5.75 Å². The average Bonchev–Trinajstić information content (AvgIpc) is 3.01. The summed E-state index contributed by atoms with van der Waals surface area (Å²) in [5.74, 6) is 0.784. The van der Waals surface area contributed by atoms with Crippen LogP contribution in [0.3, 0.4) is 0 Å². The molecule has 1 aromatic carbocycles. The minimum Gasteiger partial charge on any atom is -0.308 e. The zero-order valence-corrected chi connectivity index (χ0v) is 15.0. The summed E-state index contributed by atoms with van der Waals surface area (Å²) >= 11 is 1.31. The molecule has 0 atom stereocenters. The highest BCUT2D eigenvalue weighted by Gasteiger charge is 2.16. The van der Waals surface area contributed by atoms with Gasteiger partial charge in [-0.05, 0) is 32.0 Å². The Morgan fingerprint density at radius 1 is 1.28 bits per heavy atom. The zero-order valence-electron chi connectivity index (χ0n) is 14.2. The Hall–Kier alpha value is -2.67. The van der Waals surface area contributed by atoms with E-state index in [9.17, 15) is 4.79 Å². The summed E-state index contributed by atoms with van der Waals surface area (Å²) in [6.45, 7) is 8.07. The fourth-order valence-electron chi connectivity index (χ4n) is 2.50. The van der Waals surface area contributed by atoms with E-state index in [2.05, 4.69) is 21.6 Å². The molecule has 0 saturated heterocycles. The SMILES string of the molecule is C=CCN(C(=O)CSc1nc2nc(C)cc(C)n2n1)c1ccccc1. The van der Waals surface area contributed by atoms with Gasteiger partial charge in [0.25, 0.3) is 5.78 Å². The van der Waals surface area contributed by atoms with Gasteiger partial charge < -0.3 is 4.90 Å². The molecule has 0 aliphatic rings. The summed E-state index contributed by atoms with van der Waals surface area (Å²) in [4.78, 5) is 23.1. The summed E-state index contributed by atoms with van der Waals surface area (Å²) in [6, 6.07) is 11.5. The molecule has 0 bridgehead atoms. The fraction of sp³-hybridized carbons (Fsp3) is 0.222. The second-order valence-electron chi connectivity index (χ2n) is 5.56. The van der Waals surface area contributed by atoms with Crippen LogP contribution in [-0.4, -0.2) is 37.8 Å². The third-order valence-corrected chi connectivity index (χ3v) is 4.43. The van der Waals surface area contributed by atoms with E-state index in [1.54, 1.807) is 15.5 Å². The molecule has 3 rings (SSSR count). The van der Waals surface area contributed by atoms with Gasteiger partial charge >= 0.3 is 0 Å². The Morgan fingerprint density at radius 3 is 2.76 bits per heavy atom. The summed E-state index contributed by atoms with van der Waals surface area (Å²) < 4.78 is 1.69. The summed E-state index contributed by atoms with van der Waals surface area (Å²) in [7, 11) is 0. The molecule has 2 heterocycles. The van der Waals surface area contributed by atoms with Gasteiger partial charge in [-0.15, -0.1) is 11.7 Å². The molecule has 6 nitrogen and oxygen atoms in total. The molecule has 0 aliphatic carbocycles. The number of aromatic nitrogens is 4. The van der Waals surface area contributed by atoms with Crippen LogP contribution in [-0.2, 0) is 4.79 Å². The molecular weight excluding hydrogens is 334 g/mol. The van der Waals surface area contributed by atoms with Crippen molar-refractivity contribution in [3.05, 3.63) is 60.4 Å². The number of carbonyl (C=O) groups is 1. The second kappa shape index (κ2) is 7.48. The Morgan fingerprint density at radius 2 is 2.04 bits per heavy atom.